The van der Waals surface area contributed by atoms with Crippen LogP contribution in [0.4, 0.5) is 11.4 Å². The van der Waals surface area contributed by atoms with Crippen molar-refractivity contribution >= 4 is 27.6 Å². The molecule has 3 heterocycles. The number of nitrogens with one attached hydrogen (secondary N) is 2. The topological polar surface area (TPSA) is 102 Å². The van der Waals surface area contributed by atoms with Crippen LogP contribution in [-0.4, -0.2) is 38.1 Å². The monoisotopic (exact) mass is 319 g/mol. The molecule has 4 rings (SSSR count). The van der Waals surface area contributed by atoms with Crippen LogP contribution in [-0.2, 0) is 10.0 Å². The third-order valence-corrected chi connectivity index (χ3v) is 4.51. The lowest BCUT2D eigenvalue weighted by Crippen LogP contribution is -2.44. The van der Waals surface area contributed by atoms with Gasteiger partial charge in [-0.3, -0.25) is 4.99 Å². The van der Waals surface area contributed by atoms with Crippen LogP contribution in [0.3, 0.4) is 0 Å². The van der Waals surface area contributed by atoms with Gasteiger partial charge < -0.3 is 10.6 Å². The number of hydrogen-bond acceptors (Lipinski definition) is 8. The van der Waals surface area contributed by atoms with Crippen molar-refractivity contribution in [2.24, 2.45) is 15.4 Å². The van der Waals surface area contributed by atoms with Gasteiger partial charge in [-0.15, -0.1) is 4.41 Å². The molecule has 1 atom stereocenters. The standard InChI is InChI=1S/C12H13N7O2S/c1-22(20,21)19-12-8-6-13-7-14-11(8)15-9-4-2-3-5-10(9)18(12)16-17-19/h2-6,12,14-15H,7H2,1H3. The van der Waals surface area contributed by atoms with Crippen molar-refractivity contribution in [2.75, 3.05) is 23.3 Å². The Morgan fingerprint density at radius 3 is 2.91 bits per heavy atom. The van der Waals surface area contributed by atoms with E-state index >= 15 is 0 Å². The van der Waals surface area contributed by atoms with E-state index in [1.165, 1.54) is 0 Å². The first-order chi connectivity index (χ1) is 10.6. The molecule has 0 aromatic heterocycles. The minimum absolute atomic E-state index is 0.424. The Morgan fingerprint density at radius 1 is 1.27 bits per heavy atom. The van der Waals surface area contributed by atoms with Crippen molar-refractivity contribution in [2.45, 2.75) is 6.17 Å². The molecule has 10 heteroatoms. The molecule has 0 spiro atoms. The first kappa shape index (κ1) is 13.1. The molecule has 0 amide bonds. The van der Waals surface area contributed by atoms with Gasteiger partial charge in [0.25, 0.3) is 10.0 Å². The van der Waals surface area contributed by atoms with Gasteiger partial charge in [0, 0.05) is 6.21 Å². The Bertz CT molecular complexity index is 830. The van der Waals surface area contributed by atoms with Crippen LogP contribution in [0.1, 0.15) is 0 Å². The molecule has 0 aliphatic carbocycles. The molecule has 1 unspecified atom stereocenters. The largest absolute Gasteiger partial charge is 0.352 e. The lowest BCUT2D eigenvalue weighted by atomic mass is 10.2. The van der Waals surface area contributed by atoms with E-state index in [0.29, 0.717) is 18.1 Å². The molecule has 0 fully saturated rings. The number of benzene rings is 1. The van der Waals surface area contributed by atoms with Crippen molar-refractivity contribution in [3.8, 4) is 0 Å². The average Bonchev–Trinajstić information content (AvgIpc) is 2.88. The third-order valence-electron chi connectivity index (χ3n) is 3.56. The van der Waals surface area contributed by atoms with Gasteiger partial charge in [-0.1, -0.05) is 12.1 Å². The number of aliphatic imine (C=N–C) groups is 1. The van der Waals surface area contributed by atoms with Gasteiger partial charge in [0.05, 0.1) is 23.2 Å². The summed E-state index contributed by atoms with van der Waals surface area (Å²) in [6.45, 7) is 0.424. The number of anilines is 2. The number of sulfonamides is 1. The number of nitrogens with zero attached hydrogens (tertiary/aromatic N) is 5. The summed E-state index contributed by atoms with van der Waals surface area (Å²) < 4.78 is 25.0. The minimum Gasteiger partial charge on any atom is -0.352 e. The summed E-state index contributed by atoms with van der Waals surface area (Å²) in [4.78, 5) is 4.18. The minimum atomic E-state index is -3.56. The number of fused-ring (bicyclic) bond motifs is 4. The highest BCUT2D eigenvalue weighted by atomic mass is 32.2. The van der Waals surface area contributed by atoms with Crippen LogP contribution in [0, 0.1) is 0 Å². The quantitative estimate of drug-likeness (QED) is 0.791. The van der Waals surface area contributed by atoms with Crippen molar-refractivity contribution in [3.05, 3.63) is 35.7 Å². The van der Waals surface area contributed by atoms with E-state index in [9.17, 15) is 8.42 Å². The van der Waals surface area contributed by atoms with Crippen LogP contribution in [0.25, 0.3) is 0 Å². The van der Waals surface area contributed by atoms with Crippen molar-refractivity contribution in [1.29, 1.82) is 0 Å². The highest BCUT2D eigenvalue weighted by Crippen LogP contribution is 2.39. The zero-order valence-corrected chi connectivity index (χ0v) is 12.4. The molecule has 2 N–H and O–H groups in total. The van der Waals surface area contributed by atoms with Gasteiger partial charge in [-0.25, -0.2) is 13.4 Å². The second-order valence-corrected chi connectivity index (χ2v) is 6.89. The number of rotatable bonds is 1. The molecule has 0 saturated carbocycles. The van der Waals surface area contributed by atoms with Crippen LogP contribution < -0.4 is 15.6 Å². The first-order valence-electron chi connectivity index (χ1n) is 6.60. The Labute approximate surface area is 127 Å². The highest BCUT2D eigenvalue weighted by molar-refractivity contribution is 7.88. The van der Waals surface area contributed by atoms with Gasteiger partial charge in [0.1, 0.15) is 12.5 Å². The second-order valence-electron chi connectivity index (χ2n) is 5.05. The fraction of sp³-hybridized carbons (Fsp3) is 0.250. The van der Waals surface area contributed by atoms with Gasteiger partial charge in [-0.2, -0.15) is 0 Å². The third kappa shape index (κ3) is 1.84. The van der Waals surface area contributed by atoms with E-state index in [2.05, 4.69) is 26.1 Å². The smallest absolute Gasteiger partial charge is 0.250 e. The van der Waals surface area contributed by atoms with Crippen LogP contribution >= 0.6 is 0 Å². The van der Waals surface area contributed by atoms with Crippen LogP contribution in [0.5, 0.6) is 0 Å². The summed E-state index contributed by atoms with van der Waals surface area (Å²) in [5.41, 5.74) is 2.22. The molecule has 9 nitrogen and oxygen atoms in total. The molecule has 1 aromatic carbocycles. The molecule has 22 heavy (non-hydrogen) atoms. The molecule has 0 saturated heterocycles. The van der Waals surface area contributed by atoms with Gasteiger partial charge in [0.2, 0.25) is 0 Å². The zero-order chi connectivity index (χ0) is 15.3. The van der Waals surface area contributed by atoms with E-state index in [4.69, 9.17) is 0 Å². The maximum absolute atomic E-state index is 12.0. The molecular weight excluding hydrogens is 306 g/mol. The highest BCUT2D eigenvalue weighted by Gasteiger charge is 2.43. The predicted molar refractivity (Wildman–Crippen MR) is 81.4 cm³/mol. The fourth-order valence-corrected chi connectivity index (χ4v) is 3.34. The van der Waals surface area contributed by atoms with E-state index in [-0.39, 0.29) is 0 Å². The summed E-state index contributed by atoms with van der Waals surface area (Å²) >= 11 is 0. The lowest BCUT2D eigenvalue weighted by molar-refractivity contribution is 0.405. The SMILES string of the molecule is CS(=O)(=O)N1N=NN2c3ccccc3NC3=C(C=NCN3)C21. The van der Waals surface area contributed by atoms with E-state index in [0.717, 1.165) is 22.0 Å². The summed E-state index contributed by atoms with van der Waals surface area (Å²) in [7, 11) is -3.56. The average molecular weight is 319 g/mol. The molecular formula is C12H13N7O2S. The fourth-order valence-electron chi connectivity index (χ4n) is 2.61. The van der Waals surface area contributed by atoms with Crippen molar-refractivity contribution in [1.82, 2.24) is 9.73 Å². The molecule has 3 aliphatic rings. The number of para-hydroxylation sites is 2. The van der Waals surface area contributed by atoms with E-state index in [1.807, 2.05) is 24.3 Å². The van der Waals surface area contributed by atoms with E-state index < -0.39 is 16.2 Å². The molecule has 3 aliphatic heterocycles. The molecule has 0 bridgehead atoms. The van der Waals surface area contributed by atoms with Crippen molar-refractivity contribution in [3.63, 3.8) is 0 Å². The Kier molecular flexibility index (Phi) is 2.64. The van der Waals surface area contributed by atoms with Gasteiger partial charge >= 0.3 is 0 Å². The van der Waals surface area contributed by atoms with Crippen molar-refractivity contribution < 1.29 is 8.42 Å². The molecule has 0 radical (unpaired) electrons. The maximum atomic E-state index is 12.0. The summed E-state index contributed by atoms with van der Waals surface area (Å²) in [6.07, 6.45) is 2.06. The van der Waals surface area contributed by atoms with Crippen LogP contribution in [0.15, 0.2) is 51.1 Å². The number of hydrogen-bond donors (Lipinski definition) is 2. The normalized spacial score (nSPS) is 22.5. The Hall–Kier alpha value is -2.62. The van der Waals surface area contributed by atoms with Gasteiger partial charge in [0.15, 0.2) is 6.17 Å². The maximum Gasteiger partial charge on any atom is 0.250 e. The zero-order valence-electron chi connectivity index (χ0n) is 11.6. The second kappa shape index (κ2) is 4.44. The predicted octanol–water partition coefficient (Wildman–Crippen LogP) is 0.645. The lowest BCUT2D eigenvalue weighted by Gasteiger charge is -2.27. The summed E-state index contributed by atoms with van der Waals surface area (Å²) in [6, 6.07) is 7.51. The first-order valence-corrected chi connectivity index (χ1v) is 8.45. The molecule has 1 aromatic rings. The van der Waals surface area contributed by atoms with E-state index in [1.54, 1.807) is 11.2 Å². The summed E-state index contributed by atoms with van der Waals surface area (Å²) in [5, 5.41) is 15.8. The molecule has 114 valence electrons. The van der Waals surface area contributed by atoms with Crippen LogP contribution in [0.2, 0.25) is 0 Å². The summed E-state index contributed by atoms with van der Waals surface area (Å²) in [5.74, 6) is 0.705. The Morgan fingerprint density at radius 2 is 2.09 bits per heavy atom. The van der Waals surface area contributed by atoms with Gasteiger partial charge in [-0.05, 0) is 22.6 Å². The Balaban J connectivity index is 1.93.